The Morgan fingerprint density at radius 1 is 1.40 bits per heavy atom. The zero-order valence-electron chi connectivity index (χ0n) is 13.9. The van der Waals surface area contributed by atoms with E-state index in [1.165, 1.54) is 17.9 Å². The summed E-state index contributed by atoms with van der Waals surface area (Å²) in [5.41, 5.74) is 0.766. The highest BCUT2D eigenvalue weighted by Crippen LogP contribution is 2.29. The number of carbonyl (C=O) groups excluding carboxylic acids is 2. The van der Waals surface area contributed by atoms with Gasteiger partial charge in [0, 0.05) is 20.0 Å². The molecule has 0 bridgehead atoms. The van der Waals surface area contributed by atoms with E-state index < -0.39 is 23.9 Å². The molecule has 3 rings (SSSR count). The van der Waals surface area contributed by atoms with Crippen LogP contribution >= 0.6 is 0 Å². The second-order valence-electron chi connectivity index (χ2n) is 5.94. The Morgan fingerprint density at radius 3 is 2.76 bits per heavy atom. The first kappa shape index (κ1) is 17.4. The molecule has 1 aromatic rings. The molecule has 0 radical (unpaired) electrons. The number of hydroxylamine groups is 2. The fourth-order valence-electron chi connectivity index (χ4n) is 2.95. The lowest BCUT2D eigenvalue weighted by atomic mass is 10.2. The minimum atomic E-state index is -0.638. The molecule has 2 fully saturated rings. The van der Waals surface area contributed by atoms with Crippen molar-refractivity contribution in [1.29, 1.82) is 0 Å². The normalized spacial score (nSPS) is 20.6. The van der Waals surface area contributed by atoms with Crippen LogP contribution < -0.4 is 9.80 Å². The largest absolute Gasteiger partial charge is 0.447 e. The molecule has 25 heavy (non-hydrogen) atoms. The van der Waals surface area contributed by atoms with E-state index in [4.69, 9.17) is 9.47 Å². The van der Waals surface area contributed by atoms with Crippen molar-refractivity contribution in [3.63, 3.8) is 0 Å². The number of anilines is 2. The zero-order valence-corrected chi connectivity index (χ0v) is 13.9. The predicted octanol–water partition coefficient (Wildman–Crippen LogP) is 1.23. The van der Waals surface area contributed by atoms with E-state index in [1.807, 2.05) is 4.90 Å². The lowest BCUT2D eigenvalue weighted by molar-refractivity contribution is -0.163. The molecular weight excluding hydrogens is 333 g/mol. The Labute approximate surface area is 144 Å². The van der Waals surface area contributed by atoms with Gasteiger partial charge in [-0.05, 0) is 18.2 Å². The minimum Gasteiger partial charge on any atom is -0.447 e. The molecule has 2 amide bonds. The Balaban J connectivity index is 1.80. The van der Waals surface area contributed by atoms with Gasteiger partial charge in [-0.2, -0.15) is 0 Å². The Kier molecular flexibility index (Phi) is 5.05. The molecule has 0 aromatic heterocycles. The molecule has 1 aromatic carbocycles. The third-order valence-electron chi connectivity index (χ3n) is 4.27. The van der Waals surface area contributed by atoms with Crippen LogP contribution in [0.5, 0.6) is 0 Å². The van der Waals surface area contributed by atoms with Crippen molar-refractivity contribution in [3.8, 4) is 0 Å². The highest BCUT2D eigenvalue weighted by molar-refractivity contribution is 5.90. The van der Waals surface area contributed by atoms with Gasteiger partial charge in [-0.15, -0.1) is 0 Å². The van der Waals surface area contributed by atoms with Crippen LogP contribution in [0.3, 0.4) is 0 Å². The topological polar surface area (TPSA) is 82.5 Å². The molecule has 8 nitrogen and oxygen atoms in total. The van der Waals surface area contributed by atoms with E-state index in [-0.39, 0.29) is 13.2 Å². The van der Waals surface area contributed by atoms with Crippen LogP contribution in [-0.4, -0.2) is 67.8 Å². The number of cyclic esters (lactones) is 1. The van der Waals surface area contributed by atoms with Crippen molar-refractivity contribution in [2.24, 2.45) is 0 Å². The Hall–Kier alpha value is -2.39. The lowest BCUT2D eigenvalue weighted by Gasteiger charge is -2.30. The van der Waals surface area contributed by atoms with E-state index in [1.54, 1.807) is 12.1 Å². The fourth-order valence-corrected chi connectivity index (χ4v) is 2.95. The smallest absolute Gasteiger partial charge is 0.414 e. The van der Waals surface area contributed by atoms with Crippen LogP contribution in [-0.2, 0) is 14.3 Å². The van der Waals surface area contributed by atoms with Crippen molar-refractivity contribution in [2.75, 3.05) is 49.3 Å². The summed E-state index contributed by atoms with van der Waals surface area (Å²) in [6.07, 6.45) is -0.638. The van der Waals surface area contributed by atoms with Crippen molar-refractivity contribution in [2.45, 2.75) is 13.0 Å². The van der Waals surface area contributed by atoms with Crippen molar-refractivity contribution in [3.05, 3.63) is 24.0 Å². The minimum absolute atomic E-state index is 0.00993. The summed E-state index contributed by atoms with van der Waals surface area (Å²) >= 11 is 0. The molecule has 2 aliphatic rings. The second kappa shape index (κ2) is 7.24. The van der Waals surface area contributed by atoms with Crippen molar-refractivity contribution in [1.82, 2.24) is 5.06 Å². The average molecular weight is 353 g/mol. The standard InChI is InChI=1S/C16H20FN3O5/c1-11(21)19(23)9-13-10-25-16(22)20(13)12-2-3-15(14(17)8-12)18-4-6-24-7-5-18/h2-3,8,13,23H,4-7,9-10H2,1H3. The van der Waals surface area contributed by atoms with E-state index in [0.29, 0.717) is 42.7 Å². The van der Waals surface area contributed by atoms with Gasteiger partial charge in [-0.1, -0.05) is 0 Å². The molecule has 2 aliphatic heterocycles. The number of hydrogen-bond acceptors (Lipinski definition) is 6. The first-order valence-electron chi connectivity index (χ1n) is 8.02. The van der Waals surface area contributed by atoms with Crippen LogP contribution in [0.4, 0.5) is 20.6 Å². The van der Waals surface area contributed by atoms with Crippen LogP contribution in [0.25, 0.3) is 0 Å². The quantitative estimate of drug-likeness (QED) is 0.648. The fraction of sp³-hybridized carbons (Fsp3) is 0.500. The molecule has 136 valence electrons. The van der Waals surface area contributed by atoms with Gasteiger partial charge in [-0.3, -0.25) is 14.9 Å². The first-order valence-corrected chi connectivity index (χ1v) is 8.02. The Bertz CT molecular complexity index is 665. The number of nitrogens with zero attached hydrogens (tertiary/aromatic N) is 3. The van der Waals surface area contributed by atoms with Gasteiger partial charge in [-0.25, -0.2) is 14.2 Å². The zero-order chi connectivity index (χ0) is 18.0. The summed E-state index contributed by atoms with van der Waals surface area (Å²) in [6.45, 7) is 3.38. The third-order valence-corrected chi connectivity index (χ3v) is 4.27. The van der Waals surface area contributed by atoms with Crippen LogP contribution in [0, 0.1) is 5.82 Å². The van der Waals surface area contributed by atoms with E-state index >= 15 is 0 Å². The van der Waals surface area contributed by atoms with E-state index in [9.17, 15) is 19.2 Å². The first-order chi connectivity index (χ1) is 12.0. The molecule has 0 saturated carbocycles. The summed E-state index contributed by atoms with van der Waals surface area (Å²) in [5.74, 6) is -1.00. The van der Waals surface area contributed by atoms with Gasteiger partial charge in [0.1, 0.15) is 12.4 Å². The highest BCUT2D eigenvalue weighted by Gasteiger charge is 2.36. The average Bonchev–Trinajstić information content (AvgIpc) is 2.95. The van der Waals surface area contributed by atoms with Crippen LogP contribution in [0.1, 0.15) is 6.92 Å². The number of benzene rings is 1. The lowest BCUT2D eigenvalue weighted by Crippen LogP contribution is -2.43. The molecule has 2 saturated heterocycles. The maximum atomic E-state index is 14.6. The summed E-state index contributed by atoms with van der Waals surface area (Å²) in [5, 5.41) is 10.1. The maximum absolute atomic E-state index is 14.6. The van der Waals surface area contributed by atoms with Crippen molar-refractivity contribution < 1.29 is 28.7 Å². The maximum Gasteiger partial charge on any atom is 0.414 e. The van der Waals surface area contributed by atoms with E-state index in [2.05, 4.69) is 0 Å². The summed E-state index contributed by atoms with van der Waals surface area (Å²) in [7, 11) is 0. The van der Waals surface area contributed by atoms with Gasteiger partial charge in [0.15, 0.2) is 0 Å². The summed E-state index contributed by atoms with van der Waals surface area (Å²) in [6, 6.07) is 3.92. The van der Waals surface area contributed by atoms with Gasteiger partial charge in [0.2, 0.25) is 5.91 Å². The van der Waals surface area contributed by atoms with E-state index in [0.717, 1.165) is 0 Å². The molecule has 0 spiro atoms. The monoisotopic (exact) mass is 353 g/mol. The Morgan fingerprint density at radius 2 is 2.12 bits per heavy atom. The summed E-state index contributed by atoms with van der Waals surface area (Å²) < 4.78 is 24.8. The van der Waals surface area contributed by atoms with Gasteiger partial charge >= 0.3 is 6.09 Å². The number of morpholine rings is 1. The highest BCUT2D eigenvalue weighted by atomic mass is 19.1. The number of carbonyl (C=O) groups is 2. The number of halogens is 1. The predicted molar refractivity (Wildman–Crippen MR) is 86.2 cm³/mol. The van der Waals surface area contributed by atoms with Gasteiger partial charge in [0.05, 0.1) is 37.2 Å². The molecule has 1 N–H and O–H groups in total. The van der Waals surface area contributed by atoms with Gasteiger partial charge in [0.25, 0.3) is 0 Å². The number of ether oxygens (including phenoxy) is 2. The number of hydrogen-bond donors (Lipinski definition) is 1. The van der Waals surface area contributed by atoms with Crippen molar-refractivity contribution >= 4 is 23.4 Å². The van der Waals surface area contributed by atoms with Crippen LogP contribution in [0.15, 0.2) is 18.2 Å². The molecule has 9 heteroatoms. The summed E-state index contributed by atoms with van der Waals surface area (Å²) in [4.78, 5) is 26.3. The molecule has 2 heterocycles. The van der Waals surface area contributed by atoms with Crippen LogP contribution in [0.2, 0.25) is 0 Å². The second-order valence-corrected chi connectivity index (χ2v) is 5.94. The number of rotatable bonds is 4. The number of amides is 2. The molecule has 0 aliphatic carbocycles. The van der Waals surface area contributed by atoms with Gasteiger partial charge < -0.3 is 14.4 Å². The molecule has 1 unspecified atom stereocenters. The third kappa shape index (κ3) is 3.67. The molecule has 1 atom stereocenters. The SMILES string of the molecule is CC(=O)N(O)CC1COC(=O)N1c1ccc(N2CCOCC2)c(F)c1. The molecular formula is C16H20FN3O5.